The first-order chi connectivity index (χ1) is 11.9. The molecule has 25 heavy (non-hydrogen) atoms. The van der Waals surface area contributed by atoms with E-state index in [2.05, 4.69) is 11.7 Å². The second kappa shape index (κ2) is 6.48. The smallest absolute Gasteiger partial charge is 0.355 e. The summed E-state index contributed by atoms with van der Waals surface area (Å²) >= 11 is 0. The number of amides is 1. The summed E-state index contributed by atoms with van der Waals surface area (Å²) in [6.45, 7) is 7.24. The van der Waals surface area contributed by atoms with Crippen LogP contribution < -0.4 is 0 Å². The van der Waals surface area contributed by atoms with Crippen LogP contribution in [0.5, 0.6) is 0 Å². The second-order valence-electron chi connectivity index (χ2n) is 6.46. The maximum atomic E-state index is 12.5. The van der Waals surface area contributed by atoms with E-state index in [0.29, 0.717) is 17.7 Å². The van der Waals surface area contributed by atoms with Crippen molar-refractivity contribution in [1.29, 1.82) is 0 Å². The monoisotopic (exact) mass is 345 g/mol. The Morgan fingerprint density at radius 1 is 1.60 bits per heavy atom. The van der Waals surface area contributed by atoms with E-state index >= 15 is 0 Å². The highest BCUT2D eigenvalue weighted by molar-refractivity contribution is 6.06. The van der Waals surface area contributed by atoms with Gasteiger partial charge in [0.1, 0.15) is 12.3 Å². The molecule has 7 nitrogen and oxygen atoms in total. The maximum Gasteiger partial charge on any atom is 0.355 e. The Bertz CT molecular complexity index is 762. The average molecular weight is 345 g/mol. The molecule has 7 heteroatoms. The molecule has 0 unspecified atom stereocenters. The van der Waals surface area contributed by atoms with Crippen molar-refractivity contribution in [2.24, 2.45) is 13.0 Å². The lowest BCUT2D eigenvalue weighted by Gasteiger charge is -2.44. The number of esters is 1. The first-order valence-corrected chi connectivity index (χ1v) is 8.46. The fraction of sp³-hybridized carbons (Fsp3) is 0.500. The Labute approximate surface area is 146 Å². The molecule has 134 valence electrons. The summed E-state index contributed by atoms with van der Waals surface area (Å²) in [7, 11) is 1.85. The lowest BCUT2D eigenvalue weighted by molar-refractivity contribution is -0.162. The van der Waals surface area contributed by atoms with Crippen LogP contribution in [0.2, 0.25) is 0 Å². The third-order valence-corrected chi connectivity index (χ3v) is 4.90. The number of ether oxygens (including phenoxy) is 1. The van der Waals surface area contributed by atoms with E-state index in [1.807, 2.05) is 20.0 Å². The van der Waals surface area contributed by atoms with Gasteiger partial charge < -0.3 is 14.7 Å². The minimum atomic E-state index is -0.756. The van der Waals surface area contributed by atoms with E-state index in [1.165, 1.54) is 11.0 Å². The average Bonchev–Trinajstić information content (AvgIpc) is 3.09. The van der Waals surface area contributed by atoms with Crippen LogP contribution in [-0.2, 0) is 27.8 Å². The number of aryl methyl sites for hydroxylation is 2. The molecule has 0 saturated carbocycles. The molecular weight excluding hydrogens is 322 g/mol. The lowest BCUT2D eigenvalue weighted by atomic mass is 9.83. The minimum absolute atomic E-state index is 0.0740. The Balaban J connectivity index is 2.01. The summed E-state index contributed by atoms with van der Waals surface area (Å²) in [5, 5.41) is 14.4. The van der Waals surface area contributed by atoms with E-state index in [-0.39, 0.29) is 24.3 Å². The highest BCUT2D eigenvalue weighted by atomic mass is 16.5. The second-order valence-corrected chi connectivity index (χ2v) is 6.46. The van der Waals surface area contributed by atoms with Crippen LogP contribution in [0.3, 0.4) is 0 Å². The summed E-state index contributed by atoms with van der Waals surface area (Å²) in [6.07, 6.45) is 2.03. The summed E-state index contributed by atoms with van der Waals surface area (Å²) in [5.41, 5.74) is 2.66. The number of nitrogens with zero attached hydrogens (tertiary/aromatic N) is 3. The number of hydrogen-bond donors (Lipinski definition) is 1. The molecule has 1 aromatic heterocycles. The SMILES string of the molecule is C=CCOC(=O)C1=C(c2cc(CC)n(C)n2)C[C@@H]2[C@@H]([C@@H](C)O)C(=O)N12. The topological polar surface area (TPSA) is 84.7 Å². The van der Waals surface area contributed by atoms with Gasteiger partial charge in [0.25, 0.3) is 0 Å². The van der Waals surface area contributed by atoms with E-state index < -0.39 is 18.0 Å². The number of hydrogen-bond acceptors (Lipinski definition) is 5. The fourth-order valence-electron chi connectivity index (χ4n) is 3.68. The molecule has 1 amide bonds. The molecule has 1 saturated heterocycles. The van der Waals surface area contributed by atoms with Crippen molar-refractivity contribution >= 4 is 17.4 Å². The molecular formula is C18H23N3O4. The summed E-state index contributed by atoms with van der Waals surface area (Å²) in [4.78, 5) is 26.5. The Morgan fingerprint density at radius 2 is 2.32 bits per heavy atom. The normalized spacial score (nSPS) is 23.4. The van der Waals surface area contributed by atoms with Gasteiger partial charge in [-0.25, -0.2) is 4.79 Å². The summed E-state index contributed by atoms with van der Waals surface area (Å²) in [5.74, 6) is -1.29. The van der Waals surface area contributed by atoms with E-state index in [1.54, 1.807) is 11.6 Å². The molecule has 2 aliphatic rings. The van der Waals surface area contributed by atoms with Crippen LogP contribution in [0, 0.1) is 5.92 Å². The molecule has 1 aromatic rings. The number of carbonyl (C=O) groups is 2. The molecule has 3 heterocycles. The molecule has 0 aliphatic carbocycles. The number of rotatable bonds is 6. The zero-order valence-electron chi connectivity index (χ0n) is 14.7. The Hall–Kier alpha value is -2.41. The molecule has 0 spiro atoms. The van der Waals surface area contributed by atoms with E-state index in [9.17, 15) is 14.7 Å². The van der Waals surface area contributed by atoms with Crippen LogP contribution in [0.15, 0.2) is 24.4 Å². The van der Waals surface area contributed by atoms with Crippen LogP contribution in [-0.4, -0.2) is 50.4 Å². The van der Waals surface area contributed by atoms with Gasteiger partial charge in [0.05, 0.1) is 23.8 Å². The maximum absolute atomic E-state index is 12.5. The van der Waals surface area contributed by atoms with Gasteiger partial charge >= 0.3 is 5.97 Å². The van der Waals surface area contributed by atoms with Crippen LogP contribution >= 0.6 is 0 Å². The quantitative estimate of drug-likeness (QED) is 0.473. The van der Waals surface area contributed by atoms with Crippen molar-refractivity contribution in [2.45, 2.75) is 38.8 Å². The highest BCUT2D eigenvalue weighted by Gasteiger charge is 2.57. The first kappa shape index (κ1) is 17.4. The van der Waals surface area contributed by atoms with Crippen LogP contribution in [0.25, 0.3) is 5.57 Å². The van der Waals surface area contributed by atoms with Gasteiger partial charge in [0, 0.05) is 18.3 Å². The van der Waals surface area contributed by atoms with Gasteiger partial charge in [-0.3, -0.25) is 9.48 Å². The number of aliphatic hydroxyl groups is 1. The molecule has 3 atom stereocenters. The zero-order chi connectivity index (χ0) is 18.3. The molecule has 0 aromatic carbocycles. The predicted octanol–water partition coefficient (Wildman–Crippen LogP) is 1.03. The van der Waals surface area contributed by atoms with Gasteiger partial charge in [-0.05, 0) is 25.8 Å². The van der Waals surface area contributed by atoms with Crippen LogP contribution in [0.4, 0.5) is 0 Å². The zero-order valence-corrected chi connectivity index (χ0v) is 14.7. The van der Waals surface area contributed by atoms with Gasteiger partial charge in [0.2, 0.25) is 5.91 Å². The fourth-order valence-corrected chi connectivity index (χ4v) is 3.68. The summed E-state index contributed by atoms with van der Waals surface area (Å²) < 4.78 is 6.96. The van der Waals surface area contributed by atoms with Crippen LogP contribution in [0.1, 0.15) is 31.7 Å². The Kier molecular flexibility index (Phi) is 4.51. The number of fused-ring (bicyclic) bond motifs is 1. The predicted molar refractivity (Wildman–Crippen MR) is 91.1 cm³/mol. The third-order valence-electron chi connectivity index (χ3n) is 4.90. The molecule has 2 aliphatic heterocycles. The van der Waals surface area contributed by atoms with Crippen molar-refractivity contribution in [3.8, 4) is 0 Å². The van der Waals surface area contributed by atoms with Crippen molar-refractivity contribution in [3.63, 3.8) is 0 Å². The van der Waals surface area contributed by atoms with Crippen molar-refractivity contribution in [3.05, 3.63) is 35.8 Å². The van der Waals surface area contributed by atoms with Crippen molar-refractivity contribution in [1.82, 2.24) is 14.7 Å². The Morgan fingerprint density at radius 3 is 2.88 bits per heavy atom. The number of aromatic nitrogens is 2. The standard InChI is InChI=1S/C18H23N3O4/c1-5-7-25-18(24)16-12(13-8-11(6-2)20(4)19-13)9-14-15(10(3)22)17(23)21(14)16/h5,8,10,14-15,22H,1,6-7,9H2,2-4H3/t10-,14-,15-/m1/s1. The number of aliphatic hydroxyl groups excluding tert-OH is 1. The minimum Gasteiger partial charge on any atom is -0.457 e. The van der Waals surface area contributed by atoms with E-state index in [0.717, 1.165) is 12.1 Å². The number of carbonyl (C=O) groups excluding carboxylic acids is 2. The lowest BCUT2D eigenvalue weighted by Crippen LogP contribution is -2.61. The molecule has 0 radical (unpaired) electrons. The van der Waals surface area contributed by atoms with Gasteiger partial charge in [0.15, 0.2) is 0 Å². The molecule has 0 bridgehead atoms. The van der Waals surface area contributed by atoms with Gasteiger partial charge in [-0.2, -0.15) is 5.10 Å². The highest BCUT2D eigenvalue weighted by Crippen LogP contribution is 2.47. The largest absolute Gasteiger partial charge is 0.457 e. The third kappa shape index (κ3) is 2.68. The number of β-lactam (4-membered cyclic amide) rings is 1. The molecule has 1 fully saturated rings. The van der Waals surface area contributed by atoms with E-state index in [4.69, 9.17) is 4.74 Å². The van der Waals surface area contributed by atoms with Crippen molar-refractivity contribution in [2.75, 3.05) is 6.61 Å². The summed E-state index contributed by atoms with van der Waals surface area (Å²) in [6, 6.07) is 1.71. The molecule has 3 rings (SSSR count). The molecule has 1 N–H and O–H groups in total. The van der Waals surface area contributed by atoms with Crippen molar-refractivity contribution < 1.29 is 19.4 Å². The van der Waals surface area contributed by atoms with Gasteiger partial charge in [-0.1, -0.05) is 19.6 Å². The first-order valence-electron chi connectivity index (χ1n) is 8.46. The van der Waals surface area contributed by atoms with Gasteiger partial charge in [-0.15, -0.1) is 0 Å².